The van der Waals surface area contributed by atoms with E-state index in [0.717, 1.165) is 30.4 Å². The molecule has 1 aromatic carbocycles. The molecule has 5 heteroatoms. The maximum atomic E-state index is 9.16. The molecular formula is C17H19N5. The third-order valence-corrected chi connectivity index (χ3v) is 3.89. The second-order valence-electron chi connectivity index (χ2n) is 5.45. The molecular weight excluding hydrogens is 274 g/mol. The number of benzene rings is 1. The fourth-order valence-corrected chi connectivity index (χ4v) is 2.72. The van der Waals surface area contributed by atoms with Crippen LogP contribution in [0.5, 0.6) is 0 Å². The van der Waals surface area contributed by atoms with Gasteiger partial charge in [-0.25, -0.2) is 9.97 Å². The van der Waals surface area contributed by atoms with Gasteiger partial charge in [0.15, 0.2) is 0 Å². The number of nitrogens with zero attached hydrogens (tertiary/aromatic N) is 4. The van der Waals surface area contributed by atoms with Crippen molar-refractivity contribution in [3.8, 4) is 6.07 Å². The van der Waals surface area contributed by atoms with Gasteiger partial charge in [-0.05, 0) is 25.0 Å². The molecule has 0 unspecified atom stereocenters. The molecule has 1 aliphatic heterocycles. The smallest absolute Gasteiger partial charge is 0.135 e. The number of para-hydroxylation sites is 1. The second kappa shape index (κ2) is 6.90. The van der Waals surface area contributed by atoms with Crippen LogP contribution in [0.2, 0.25) is 0 Å². The van der Waals surface area contributed by atoms with Gasteiger partial charge in [-0.1, -0.05) is 25.0 Å². The van der Waals surface area contributed by atoms with E-state index >= 15 is 0 Å². The fourth-order valence-electron chi connectivity index (χ4n) is 2.72. The molecule has 2 heterocycles. The summed E-state index contributed by atoms with van der Waals surface area (Å²) in [5.74, 6) is 1.67. The number of nitrogens with one attached hydrogen (secondary N) is 1. The largest absolute Gasteiger partial charge is 0.356 e. The Kier molecular flexibility index (Phi) is 4.50. The van der Waals surface area contributed by atoms with Crippen LogP contribution in [0.15, 0.2) is 36.7 Å². The Morgan fingerprint density at radius 1 is 1.05 bits per heavy atom. The molecule has 2 aromatic rings. The minimum absolute atomic E-state index is 0.609. The number of anilines is 3. The lowest BCUT2D eigenvalue weighted by Crippen LogP contribution is -2.25. The van der Waals surface area contributed by atoms with Crippen molar-refractivity contribution in [2.24, 2.45) is 0 Å². The Labute approximate surface area is 130 Å². The summed E-state index contributed by atoms with van der Waals surface area (Å²) in [5, 5.41) is 12.4. The lowest BCUT2D eigenvalue weighted by molar-refractivity contribution is 0.726. The molecule has 1 aliphatic rings. The van der Waals surface area contributed by atoms with Gasteiger partial charge in [0.25, 0.3) is 0 Å². The molecule has 0 spiro atoms. The lowest BCUT2D eigenvalue weighted by Gasteiger charge is -2.21. The van der Waals surface area contributed by atoms with E-state index in [9.17, 15) is 0 Å². The van der Waals surface area contributed by atoms with Crippen LogP contribution in [-0.4, -0.2) is 23.1 Å². The molecule has 112 valence electrons. The van der Waals surface area contributed by atoms with Gasteiger partial charge in [-0.15, -0.1) is 0 Å². The Bertz CT molecular complexity index is 669. The molecule has 1 fully saturated rings. The van der Waals surface area contributed by atoms with Crippen LogP contribution in [0.4, 0.5) is 17.3 Å². The van der Waals surface area contributed by atoms with Crippen LogP contribution >= 0.6 is 0 Å². The van der Waals surface area contributed by atoms with Crippen LogP contribution in [0.1, 0.15) is 31.2 Å². The molecule has 0 atom stereocenters. The summed E-state index contributed by atoms with van der Waals surface area (Å²) in [6.45, 7) is 2.09. The number of hydrogen-bond acceptors (Lipinski definition) is 5. The summed E-state index contributed by atoms with van der Waals surface area (Å²) in [6.07, 6.45) is 6.59. The Balaban J connectivity index is 1.80. The highest BCUT2D eigenvalue weighted by Crippen LogP contribution is 2.22. The Morgan fingerprint density at radius 2 is 1.82 bits per heavy atom. The fraction of sp³-hybridized carbons (Fsp3) is 0.353. The molecule has 0 radical (unpaired) electrons. The molecule has 0 bridgehead atoms. The lowest BCUT2D eigenvalue weighted by atomic mass is 10.2. The van der Waals surface area contributed by atoms with Crippen molar-refractivity contribution in [1.82, 2.24) is 9.97 Å². The van der Waals surface area contributed by atoms with Crippen molar-refractivity contribution in [1.29, 1.82) is 5.26 Å². The standard InChI is InChI=1S/C17H19N5/c18-12-14-7-3-4-8-15(14)21-16-11-17(20-13-19-16)22-9-5-1-2-6-10-22/h3-4,7-8,11,13H,1-2,5-6,9-10H2,(H,19,20,21). The monoisotopic (exact) mass is 293 g/mol. The Hall–Kier alpha value is -2.61. The van der Waals surface area contributed by atoms with Gasteiger partial charge in [-0.2, -0.15) is 5.26 Å². The SMILES string of the molecule is N#Cc1ccccc1Nc1cc(N2CCCCCC2)ncn1. The predicted octanol–water partition coefficient (Wildman–Crippen LogP) is 3.47. The average molecular weight is 293 g/mol. The van der Waals surface area contributed by atoms with Crippen molar-refractivity contribution in [3.05, 3.63) is 42.2 Å². The third kappa shape index (κ3) is 3.34. The first kappa shape index (κ1) is 14.3. The normalized spacial score (nSPS) is 15.0. The van der Waals surface area contributed by atoms with Gasteiger partial charge in [0.05, 0.1) is 11.3 Å². The highest BCUT2D eigenvalue weighted by atomic mass is 15.2. The van der Waals surface area contributed by atoms with Gasteiger partial charge >= 0.3 is 0 Å². The maximum Gasteiger partial charge on any atom is 0.135 e. The van der Waals surface area contributed by atoms with E-state index in [1.165, 1.54) is 25.7 Å². The van der Waals surface area contributed by atoms with Crippen LogP contribution in [0.3, 0.4) is 0 Å². The van der Waals surface area contributed by atoms with Gasteiger partial charge in [-0.3, -0.25) is 0 Å². The van der Waals surface area contributed by atoms with E-state index < -0.39 is 0 Å². The van der Waals surface area contributed by atoms with Crippen molar-refractivity contribution < 1.29 is 0 Å². The zero-order valence-corrected chi connectivity index (χ0v) is 12.5. The van der Waals surface area contributed by atoms with E-state index in [1.54, 1.807) is 12.4 Å². The maximum absolute atomic E-state index is 9.16. The summed E-state index contributed by atoms with van der Waals surface area (Å²) in [5.41, 5.74) is 1.38. The molecule has 0 saturated carbocycles. The molecule has 22 heavy (non-hydrogen) atoms. The molecule has 0 aliphatic carbocycles. The van der Waals surface area contributed by atoms with Crippen LogP contribution in [-0.2, 0) is 0 Å². The first-order valence-corrected chi connectivity index (χ1v) is 7.70. The van der Waals surface area contributed by atoms with E-state index in [-0.39, 0.29) is 0 Å². The minimum atomic E-state index is 0.609. The zero-order valence-electron chi connectivity index (χ0n) is 12.5. The average Bonchev–Trinajstić information content (AvgIpc) is 2.85. The molecule has 1 N–H and O–H groups in total. The molecule has 1 aromatic heterocycles. The first-order chi connectivity index (χ1) is 10.9. The van der Waals surface area contributed by atoms with Gasteiger partial charge in [0.1, 0.15) is 24.0 Å². The van der Waals surface area contributed by atoms with E-state index in [1.807, 2.05) is 24.3 Å². The minimum Gasteiger partial charge on any atom is -0.356 e. The van der Waals surface area contributed by atoms with E-state index in [4.69, 9.17) is 5.26 Å². The molecule has 3 rings (SSSR count). The number of rotatable bonds is 3. The highest BCUT2D eigenvalue weighted by molar-refractivity contribution is 5.65. The topological polar surface area (TPSA) is 64.8 Å². The summed E-state index contributed by atoms with van der Waals surface area (Å²) in [4.78, 5) is 11.0. The van der Waals surface area contributed by atoms with Crippen molar-refractivity contribution >= 4 is 17.3 Å². The van der Waals surface area contributed by atoms with Crippen LogP contribution in [0, 0.1) is 11.3 Å². The summed E-state index contributed by atoms with van der Waals surface area (Å²) in [7, 11) is 0. The first-order valence-electron chi connectivity index (χ1n) is 7.70. The van der Waals surface area contributed by atoms with Crippen LogP contribution in [0.25, 0.3) is 0 Å². The summed E-state index contributed by atoms with van der Waals surface area (Å²) >= 11 is 0. The molecule has 0 amide bonds. The van der Waals surface area contributed by atoms with Crippen molar-refractivity contribution in [2.45, 2.75) is 25.7 Å². The highest BCUT2D eigenvalue weighted by Gasteiger charge is 2.12. The van der Waals surface area contributed by atoms with Crippen molar-refractivity contribution in [2.75, 3.05) is 23.3 Å². The zero-order chi connectivity index (χ0) is 15.2. The predicted molar refractivity (Wildman–Crippen MR) is 87.2 cm³/mol. The second-order valence-corrected chi connectivity index (χ2v) is 5.45. The van der Waals surface area contributed by atoms with E-state index in [2.05, 4.69) is 26.3 Å². The molecule has 5 nitrogen and oxygen atoms in total. The third-order valence-electron chi connectivity index (χ3n) is 3.89. The summed E-state index contributed by atoms with van der Waals surface area (Å²) in [6, 6.07) is 11.6. The van der Waals surface area contributed by atoms with Gasteiger partial charge in [0.2, 0.25) is 0 Å². The summed E-state index contributed by atoms with van der Waals surface area (Å²) < 4.78 is 0. The Morgan fingerprint density at radius 3 is 2.59 bits per heavy atom. The van der Waals surface area contributed by atoms with Gasteiger partial charge in [0, 0.05) is 19.2 Å². The van der Waals surface area contributed by atoms with Crippen LogP contribution < -0.4 is 10.2 Å². The number of hydrogen-bond donors (Lipinski definition) is 1. The number of aromatic nitrogens is 2. The number of nitriles is 1. The molecule has 1 saturated heterocycles. The quantitative estimate of drug-likeness (QED) is 0.938. The van der Waals surface area contributed by atoms with Crippen molar-refractivity contribution in [3.63, 3.8) is 0 Å². The van der Waals surface area contributed by atoms with Gasteiger partial charge < -0.3 is 10.2 Å². The van der Waals surface area contributed by atoms with E-state index in [0.29, 0.717) is 5.56 Å².